The highest BCUT2D eigenvalue weighted by atomic mass is 16.2. The highest BCUT2D eigenvalue weighted by molar-refractivity contribution is 5.91. The lowest BCUT2D eigenvalue weighted by molar-refractivity contribution is -0.901. The number of carbonyl (C=O) groups is 1. The number of amides is 1. The van der Waals surface area contributed by atoms with Gasteiger partial charge in [-0.25, -0.2) is 0 Å². The molecule has 150 valence electrons. The molecule has 1 unspecified atom stereocenters. The summed E-state index contributed by atoms with van der Waals surface area (Å²) in [6.45, 7) is 9.39. The molecule has 1 amide bonds. The van der Waals surface area contributed by atoms with Gasteiger partial charge in [0.15, 0.2) is 6.54 Å². The molecule has 3 rings (SSSR count). The first-order valence-corrected chi connectivity index (χ1v) is 10.6. The van der Waals surface area contributed by atoms with Crippen LogP contribution in [0.25, 0.3) is 0 Å². The maximum atomic E-state index is 12.4. The van der Waals surface area contributed by atoms with E-state index in [-0.39, 0.29) is 5.91 Å². The van der Waals surface area contributed by atoms with E-state index in [1.165, 1.54) is 47.5 Å². The van der Waals surface area contributed by atoms with Gasteiger partial charge in [0, 0.05) is 29.7 Å². The van der Waals surface area contributed by atoms with Crippen LogP contribution in [-0.2, 0) is 17.9 Å². The Morgan fingerprint density at radius 3 is 2.21 bits per heavy atom. The van der Waals surface area contributed by atoms with Crippen LogP contribution in [0.4, 0.5) is 5.69 Å². The maximum Gasteiger partial charge on any atom is 0.279 e. The number of benzene rings is 2. The Morgan fingerprint density at radius 1 is 1.00 bits per heavy atom. The number of hydrogen-bond donors (Lipinski definition) is 3. The van der Waals surface area contributed by atoms with Gasteiger partial charge in [-0.1, -0.05) is 50.2 Å². The molecule has 1 saturated heterocycles. The van der Waals surface area contributed by atoms with Gasteiger partial charge in [-0.15, -0.1) is 0 Å². The van der Waals surface area contributed by atoms with Crippen molar-refractivity contribution in [1.82, 2.24) is 0 Å². The predicted molar refractivity (Wildman–Crippen MR) is 115 cm³/mol. The third-order valence-electron chi connectivity index (χ3n) is 5.62. The predicted octanol–water partition coefficient (Wildman–Crippen LogP) is 1.64. The minimum Gasteiger partial charge on any atom is -0.331 e. The van der Waals surface area contributed by atoms with Gasteiger partial charge < -0.3 is 15.1 Å². The van der Waals surface area contributed by atoms with Crippen LogP contribution in [0, 0.1) is 0 Å². The van der Waals surface area contributed by atoms with Crippen molar-refractivity contribution in [3.05, 3.63) is 65.2 Å². The molecule has 0 spiro atoms. The first-order valence-electron chi connectivity index (χ1n) is 10.6. The van der Waals surface area contributed by atoms with Crippen LogP contribution in [0.15, 0.2) is 48.5 Å². The first kappa shape index (κ1) is 20.6. The van der Waals surface area contributed by atoms with Gasteiger partial charge in [-0.3, -0.25) is 4.79 Å². The second-order valence-electron chi connectivity index (χ2n) is 8.59. The molecular formula is C24H35N3O+2. The summed E-state index contributed by atoms with van der Waals surface area (Å²) < 4.78 is 0. The number of quaternary nitrogens is 2. The average molecular weight is 382 g/mol. The van der Waals surface area contributed by atoms with Gasteiger partial charge in [-0.2, -0.15) is 0 Å². The number of carbonyl (C=O) groups excluding carboxylic acids is 1. The van der Waals surface area contributed by atoms with E-state index < -0.39 is 0 Å². The van der Waals surface area contributed by atoms with E-state index in [1.807, 2.05) is 12.1 Å². The van der Waals surface area contributed by atoms with Crippen molar-refractivity contribution in [2.45, 2.75) is 45.7 Å². The highest BCUT2D eigenvalue weighted by Crippen LogP contribution is 2.14. The Hall–Kier alpha value is -2.17. The molecule has 2 aromatic rings. The molecule has 28 heavy (non-hydrogen) atoms. The molecule has 0 aliphatic carbocycles. The maximum absolute atomic E-state index is 12.4. The molecule has 4 heteroatoms. The van der Waals surface area contributed by atoms with E-state index in [2.05, 4.69) is 62.6 Å². The van der Waals surface area contributed by atoms with Gasteiger partial charge in [0.25, 0.3) is 5.91 Å². The molecule has 0 saturated carbocycles. The molecular weight excluding hydrogens is 346 g/mol. The summed E-state index contributed by atoms with van der Waals surface area (Å²) in [6.07, 6.45) is 2.70. The highest BCUT2D eigenvalue weighted by Gasteiger charge is 2.16. The number of likely N-dealkylation sites (N-methyl/N-ethyl adjacent to an activating group) is 1. The molecule has 0 aromatic heterocycles. The molecule has 1 aliphatic rings. The Labute approximate surface area is 169 Å². The SMILES string of the molecule is CC(C)c1ccc(C[NH+](C)CC(=O)Nc2ccc(C[NH+]3CCCC3)cc2)cc1. The van der Waals surface area contributed by atoms with Crippen LogP contribution in [0.1, 0.15) is 49.3 Å². The molecule has 2 aromatic carbocycles. The number of anilines is 1. The summed E-state index contributed by atoms with van der Waals surface area (Å²) in [6, 6.07) is 17.1. The third-order valence-corrected chi connectivity index (χ3v) is 5.62. The normalized spacial score (nSPS) is 15.7. The summed E-state index contributed by atoms with van der Waals surface area (Å²) in [5.74, 6) is 0.613. The second-order valence-corrected chi connectivity index (χ2v) is 8.59. The quantitative estimate of drug-likeness (QED) is 0.639. The molecule has 3 N–H and O–H groups in total. The van der Waals surface area contributed by atoms with Gasteiger partial charge in [0.1, 0.15) is 13.1 Å². The Bertz CT molecular complexity index is 746. The number of likely N-dealkylation sites (tertiary alicyclic amines) is 1. The van der Waals surface area contributed by atoms with Crippen LogP contribution in [0.3, 0.4) is 0 Å². The zero-order chi connectivity index (χ0) is 19.9. The third kappa shape index (κ3) is 6.18. The number of nitrogens with one attached hydrogen (secondary N) is 3. The summed E-state index contributed by atoms with van der Waals surface area (Å²) in [4.78, 5) is 15.2. The fourth-order valence-corrected chi connectivity index (χ4v) is 3.96. The van der Waals surface area contributed by atoms with Crippen molar-refractivity contribution in [3.8, 4) is 0 Å². The van der Waals surface area contributed by atoms with Gasteiger partial charge in [0.2, 0.25) is 0 Å². The van der Waals surface area contributed by atoms with Gasteiger partial charge >= 0.3 is 0 Å². The fraction of sp³-hybridized carbons (Fsp3) is 0.458. The smallest absolute Gasteiger partial charge is 0.279 e. The minimum atomic E-state index is 0.0641. The van der Waals surface area contributed by atoms with E-state index in [0.717, 1.165) is 18.8 Å². The standard InChI is InChI=1S/C24H33N3O/c1-19(2)22-10-6-20(7-11-22)16-26(3)18-24(28)25-23-12-8-21(9-13-23)17-27-14-4-5-15-27/h6-13,19H,4-5,14-18H2,1-3H3,(H,25,28)/p+2. The molecule has 1 aliphatic heterocycles. The number of hydrogen-bond acceptors (Lipinski definition) is 1. The van der Waals surface area contributed by atoms with Crippen molar-refractivity contribution in [2.24, 2.45) is 0 Å². The molecule has 0 bridgehead atoms. The second kappa shape index (κ2) is 9.85. The fourth-order valence-electron chi connectivity index (χ4n) is 3.96. The van der Waals surface area contributed by atoms with E-state index in [1.54, 1.807) is 4.90 Å². The van der Waals surface area contributed by atoms with Crippen LogP contribution >= 0.6 is 0 Å². The van der Waals surface area contributed by atoms with Crippen LogP contribution in [0.2, 0.25) is 0 Å². The Kier molecular flexibility index (Phi) is 7.24. The molecule has 4 nitrogen and oxygen atoms in total. The van der Waals surface area contributed by atoms with Crippen LogP contribution in [-0.4, -0.2) is 32.6 Å². The summed E-state index contributed by atoms with van der Waals surface area (Å²) in [5.41, 5.74) is 4.86. The first-order chi connectivity index (χ1) is 13.5. The summed E-state index contributed by atoms with van der Waals surface area (Å²) >= 11 is 0. The lowest BCUT2D eigenvalue weighted by atomic mass is 10.0. The van der Waals surface area contributed by atoms with Crippen molar-refractivity contribution in [1.29, 1.82) is 0 Å². The van der Waals surface area contributed by atoms with Gasteiger partial charge in [-0.05, 0) is 23.6 Å². The topological polar surface area (TPSA) is 38.0 Å². The van der Waals surface area contributed by atoms with Crippen molar-refractivity contribution in [2.75, 3.05) is 32.0 Å². The lowest BCUT2D eigenvalue weighted by Gasteiger charge is -2.15. The summed E-state index contributed by atoms with van der Waals surface area (Å²) in [7, 11) is 2.07. The largest absolute Gasteiger partial charge is 0.331 e. The van der Waals surface area contributed by atoms with Gasteiger partial charge in [0.05, 0.1) is 20.1 Å². The zero-order valence-electron chi connectivity index (χ0n) is 17.6. The minimum absolute atomic E-state index is 0.0641. The summed E-state index contributed by atoms with van der Waals surface area (Å²) in [5, 5.41) is 3.04. The van der Waals surface area contributed by atoms with Crippen molar-refractivity contribution in [3.63, 3.8) is 0 Å². The van der Waals surface area contributed by atoms with Crippen molar-refractivity contribution < 1.29 is 14.6 Å². The lowest BCUT2D eigenvalue weighted by Crippen LogP contribution is -3.08. The number of rotatable bonds is 8. The van der Waals surface area contributed by atoms with E-state index in [0.29, 0.717) is 12.5 Å². The van der Waals surface area contributed by atoms with E-state index >= 15 is 0 Å². The van der Waals surface area contributed by atoms with E-state index in [4.69, 9.17) is 0 Å². The molecule has 1 atom stereocenters. The van der Waals surface area contributed by atoms with Crippen LogP contribution in [0.5, 0.6) is 0 Å². The Morgan fingerprint density at radius 2 is 1.61 bits per heavy atom. The van der Waals surface area contributed by atoms with Crippen LogP contribution < -0.4 is 15.1 Å². The average Bonchev–Trinajstić information content (AvgIpc) is 3.16. The monoisotopic (exact) mass is 381 g/mol. The molecule has 0 radical (unpaired) electrons. The Balaban J connectivity index is 1.45. The zero-order valence-corrected chi connectivity index (χ0v) is 17.6. The van der Waals surface area contributed by atoms with Crippen molar-refractivity contribution >= 4 is 11.6 Å². The molecule has 1 heterocycles. The molecule has 1 fully saturated rings. The van der Waals surface area contributed by atoms with E-state index in [9.17, 15) is 4.79 Å².